The summed E-state index contributed by atoms with van der Waals surface area (Å²) < 4.78 is 0. The van der Waals surface area contributed by atoms with Gasteiger partial charge in [-0.2, -0.15) is 0 Å². The van der Waals surface area contributed by atoms with Crippen LogP contribution in [0, 0.1) is 0 Å². The van der Waals surface area contributed by atoms with E-state index in [1.807, 2.05) is 7.05 Å². The summed E-state index contributed by atoms with van der Waals surface area (Å²) in [4.78, 5) is 2.57. The molecule has 0 saturated heterocycles. The summed E-state index contributed by atoms with van der Waals surface area (Å²) in [5, 5.41) is 3.21. The van der Waals surface area contributed by atoms with Crippen LogP contribution in [-0.2, 0) is 0 Å². The molecule has 2 nitrogen and oxygen atoms in total. The molecule has 0 fully saturated rings. The molecule has 2 heteroatoms. The van der Waals surface area contributed by atoms with Gasteiger partial charge in [-0.3, -0.25) is 0 Å². The summed E-state index contributed by atoms with van der Waals surface area (Å²) in [6.07, 6.45) is 3.89. The molecule has 0 spiro atoms. The Morgan fingerprint density at radius 3 is 2.46 bits per heavy atom. The first-order valence-electron chi connectivity index (χ1n) is 5.64. The molecule has 0 aromatic carbocycles. The van der Waals surface area contributed by atoms with Gasteiger partial charge in [-0.1, -0.05) is 20.3 Å². The van der Waals surface area contributed by atoms with E-state index < -0.39 is 0 Å². The van der Waals surface area contributed by atoms with Crippen LogP contribution in [0.15, 0.2) is 0 Å². The number of rotatable bonds is 8. The van der Waals surface area contributed by atoms with Crippen molar-refractivity contribution in [3.05, 3.63) is 0 Å². The van der Waals surface area contributed by atoms with E-state index in [2.05, 4.69) is 31.0 Å². The molecule has 0 saturated carbocycles. The van der Waals surface area contributed by atoms with E-state index in [4.69, 9.17) is 0 Å². The fourth-order valence-electron chi connectivity index (χ4n) is 1.59. The summed E-state index contributed by atoms with van der Waals surface area (Å²) in [5.74, 6) is 0. The highest BCUT2D eigenvalue weighted by molar-refractivity contribution is 4.66. The Balaban J connectivity index is 3.63. The van der Waals surface area contributed by atoms with Crippen molar-refractivity contribution in [2.75, 3.05) is 26.7 Å². The molecule has 0 aromatic rings. The molecule has 0 heterocycles. The molecule has 0 amide bonds. The molecule has 1 unspecified atom stereocenters. The van der Waals surface area contributed by atoms with Crippen LogP contribution in [-0.4, -0.2) is 37.6 Å². The van der Waals surface area contributed by atoms with Crippen molar-refractivity contribution in [3.8, 4) is 0 Å². The Morgan fingerprint density at radius 1 is 1.31 bits per heavy atom. The lowest BCUT2D eigenvalue weighted by atomic mass is 10.2. The average Bonchev–Trinajstić information content (AvgIpc) is 2.16. The van der Waals surface area contributed by atoms with Gasteiger partial charge in [0, 0.05) is 6.04 Å². The molecule has 0 rings (SSSR count). The second-order valence-electron chi connectivity index (χ2n) is 3.72. The van der Waals surface area contributed by atoms with Crippen molar-refractivity contribution >= 4 is 0 Å². The molecule has 0 radical (unpaired) electrons. The lowest BCUT2D eigenvalue weighted by Crippen LogP contribution is -2.35. The second kappa shape index (κ2) is 8.52. The minimum absolute atomic E-state index is 0.726. The molecule has 1 N–H and O–H groups in total. The Kier molecular flexibility index (Phi) is 8.46. The number of hydrogen-bond acceptors (Lipinski definition) is 2. The topological polar surface area (TPSA) is 15.3 Å². The van der Waals surface area contributed by atoms with Gasteiger partial charge < -0.3 is 10.2 Å². The van der Waals surface area contributed by atoms with Gasteiger partial charge in [0.2, 0.25) is 0 Å². The molecule has 0 aliphatic rings. The molecule has 0 aromatic heterocycles. The molecular formula is C11H26N2. The predicted molar refractivity (Wildman–Crippen MR) is 60.2 cm³/mol. The zero-order valence-corrected chi connectivity index (χ0v) is 9.77. The first-order chi connectivity index (χ1) is 6.26. The van der Waals surface area contributed by atoms with Gasteiger partial charge in [-0.25, -0.2) is 0 Å². The van der Waals surface area contributed by atoms with Crippen molar-refractivity contribution in [1.29, 1.82) is 0 Å². The third kappa shape index (κ3) is 6.05. The van der Waals surface area contributed by atoms with Gasteiger partial charge >= 0.3 is 0 Å². The van der Waals surface area contributed by atoms with E-state index in [1.165, 1.54) is 32.4 Å². The number of nitrogens with one attached hydrogen (secondary N) is 1. The highest BCUT2D eigenvalue weighted by Gasteiger charge is 2.09. The van der Waals surface area contributed by atoms with Crippen LogP contribution < -0.4 is 5.32 Å². The molecule has 1 atom stereocenters. The van der Waals surface area contributed by atoms with Crippen LogP contribution in [0.5, 0.6) is 0 Å². The summed E-state index contributed by atoms with van der Waals surface area (Å²) >= 11 is 0. The summed E-state index contributed by atoms with van der Waals surface area (Å²) in [6.45, 7) is 10.4. The third-order valence-electron chi connectivity index (χ3n) is 2.64. The Hall–Kier alpha value is -0.0800. The molecule has 0 aliphatic carbocycles. The van der Waals surface area contributed by atoms with Gasteiger partial charge in [0.1, 0.15) is 0 Å². The smallest absolute Gasteiger partial charge is 0.00788 e. The van der Waals surface area contributed by atoms with Crippen LogP contribution in [0.4, 0.5) is 0 Å². The molecule has 0 aliphatic heterocycles. The Labute approximate surface area is 83.7 Å². The lowest BCUT2D eigenvalue weighted by molar-refractivity contribution is 0.207. The molecule has 0 bridgehead atoms. The minimum atomic E-state index is 0.726. The maximum absolute atomic E-state index is 3.21. The van der Waals surface area contributed by atoms with Crippen LogP contribution in [0.25, 0.3) is 0 Å². The average molecular weight is 186 g/mol. The SMILES string of the molecule is CCCCN(CC)C(C)CCNC. The zero-order valence-electron chi connectivity index (χ0n) is 9.77. The van der Waals surface area contributed by atoms with E-state index in [0.29, 0.717) is 0 Å². The quantitative estimate of drug-likeness (QED) is 0.624. The van der Waals surface area contributed by atoms with E-state index in [1.54, 1.807) is 0 Å². The largest absolute Gasteiger partial charge is 0.320 e. The number of nitrogens with zero attached hydrogens (tertiary/aromatic N) is 1. The van der Waals surface area contributed by atoms with Gasteiger partial charge in [-0.05, 0) is 46.4 Å². The number of unbranched alkanes of at least 4 members (excludes halogenated alkanes) is 1. The third-order valence-corrected chi connectivity index (χ3v) is 2.64. The predicted octanol–water partition coefficient (Wildman–Crippen LogP) is 2.11. The van der Waals surface area contributed by atoms with Crippen molar-refractivity contribution in [2.24, 2.45) is 0 Å². The first-order valence-corrected chi connectivity index (χ1v) is 5.64. The minimum Gasteiger partial charge on any atom is -0.320 e. The van der Waals surface area contributed by atoms with Crippen LogP contribution in [0.3, 0.4) is 0 Å². The highest BCUT2D eigenvalue weighted by Crippen LogP contribution is 2.04. The van der Waals surface area contributed by atoms with E-state index in [-0.39, 0.29) is 0 Å². The normalized spacial score (nSPS) is 13.6. The fraction of sp³-hybridized carbons (Fsp3) is 1.00. The van der Waals surface area contributed by atoms with E-state index in [9.17, 15) is 0 Å². The van der Waals surface area contributed by atoms with Crippen molar-refractivity contribution < 1.29 is 0 Å². The molecular weight excluding hydrogens is 160 g/mol. The number of hydrogen-bond donors (Lipinski definition) is 1. The van der Waals surface area contributed by atoms with Gasteiger partial charge in [0.15, 0.2) is 0 Å². The Bertz CT molecular complexity index is 104. The summed E-state index contributed by atoms with van der Waals surface area (Å²) in [5.41, 5.74) is 0. The van der Waals surface area contributed by atoms with Gasteiger partial charge in [0.25, 0.3) is 0 Å². The van der Waals surface area contributed by atoms with Gasteiger partial charge in [-0.15, -0.1) is 0 Å². The van der Waals surface area contributed by atoms with Gasteiger partial charge in [0.05, 0.1) is 0 Å². The highest BCUT2D eigenvalue weighted by atomic mass is 15.1. The fourth-order valence-corrected chi connectivity index (χ4v) is 1.59. The van der Waals surface area contributed by atoms with Crippen LogP contribution in [0.1, 0.15) is 40.0 Å². The first kappa shape index (κ1) is 12.9. The van der Waals surface area contributed by atoms with E-state index in [0.717, 1.165) is 12.6 Å². The maximum Gasteiger partial charge on any atom is 0.00788 e. The molecule has 80 valence electrons. The Morgan fingerprint density at radius 2 is 2.00 bits per heavy atom. The standard InChI is InChI=1S/C11H26N2/c1-5-7-10-13(6-2)11(3)8-9-12-4/h11-12H,5-10H2,1-4H3. The van der Waals surface area contributed by atoms with Crippen molar-refractivity contribution in [3.63, 3.8) is 0 Å². The monoisotopic (exact) mass is 186 g/mol. The van der Waals surface area contributed by atoms with E-state index >= 15 is 0 Å². The lowest BCUT2D eigenvalue weighted by Gasteiger charge is -2.27. The van der Waals surface area contributed by atoms with Crippen molar-refractivity contribution in [1.82, 2.24) is 10.2 Å². The maximum atomic E-state index is 3.21. The van der Waals surface area contributed by atoms with Crippen LogP contribution >= 0.6 is 0 Å². The summed E-state index contributed by atoms with van der Waals surface area (Å²) in [7, 11) is 2.02. The zero-order chi connectivity index (χ0) is 10.1. The van der Waals surface area contributed by atoms with Crippen LogP contribution in [0.2, 0.25) is 0 Å². The second-order valence-corrected chi connectivity index (χ2v) is 3.72. The summed E-state index contributed by atoms with van der Waals surface area (Å²) in [6, 6.07) is 0.726. The van der Waals surface area contributed by atoms with Crippen molar-refractivity contribution in [2.45, 2.75) is 46.1 Å². The molecule has 13 heavy (non-hydrogen) atoms.